The summed E-state index contributed by atoms with van der Waals surface area (Å²) in [5.41, 5.74) is 2.90. The number of nitrogens with zero attached hydrogens (tertiary/aromatic N) is 1. The number of carbonyl (C=O) groups is 1. The largest absolute Gasteiger partial charge is 0.494 e. The zero-order valence-corrected chi connectivity index (χ0v) is 15.7. The number of benzene rings is 2. The summed E-state index contributed by atoms with van der Waals surface area (Å²) >= 11 is 0. The lowest BCUT2D eigenvalue weighted by atomic mass is 9.87. The molecule has 0 aliphatic carbocycles. The van der Waals surface area contributed by atoms with Crippen molar-refractivity contribution in [2.45, 2.75) is 12.8 Å². The first kappa shape index (κ1) is 18.7. The topological polar surface area (TPSA) is 75.2 Å². The predicted octanol–water partition coefficient (Wildman–Crippen LogP) is 4.98. The number of halogens is 1. The van der Waals surface area contributed by atoms with Gasteiger partial charge in [0.05, 0.1) is 18.2 Å². The summed E-state index contributed by atoms with van der Waals surface area (Å²) in [5, 5.41) is 10.3. The highest BCUT2D eigenvalue weighted by molar-refractivity contribution is 5.86. The Morgan fingerprint density at radius 3 is 2.79 bits per heavy atom. The van der Waals surface area contributed by atoms with Crippen molar-refractivity contribution in [2.24, 2.45) is 0 Å². The van der Waals surface area contributed by atoms with E-state index in [0.717, 1.165) is 16.5 Å². The third-order valence-electron chi connectivity index (χ3n) is 4.76. The van der Waals surface area contributed by atoms with Gasteiger partial charge in [-0.05, 0) is 48.4 Å². The third-order valence-corrected chi connectivity index (χ3v) is 4.76. The van der Waals surface area contributed by atoms with Gasteiger partial charge in [0.1, 0.15) is 17.3 Å². The number of aromatic carboxylic acids is 1. The van der Waals surface area contributed by atoms with Crippen LogP contribution in [0.5, 0.6) is 5.75 Å². The van der Waals surface area contributed by atoms with Crippen molar-refractivity contribution in [1.29, 1.82) is 0 Å². The minimum absolute atomic E-state index is 0.0613. The molecule has 4 aromatic rings. The van der Waals surface area contributed by atoms with Gasteiger partial charge in [-0.15, -0.1) is 0 Å². The van der Waals surface area contributed by atoms with Gasteiger partial charge in [0, 0.05) is 23.2 Å². The zero-order valence-electron chi connectivity index (χ0n) is 15.7. The Hall–Kier alpha value is -3.67. The molecule has 1 atom stereocenters. The van der Waals surface area contributed by atoms with Crippen LogP contribution >= 0.6 is 0 Å². The summed E-state index contributed by atoms with van der Waals surface area (Å²) < 4.78 is 19.9. The molecule has 4 rings (SSSR count). The van der Waals surface area contributed by atoms with Crippen LogP contribution in [0.1, 0.15) is 40.2 Å². The predicted molar refractivity (Wildman–Crippen MR) is 108 cm³/mol. The number of aromatic amines is 1. The SMILES string of the molecule is CCOc1cc(F)cc(C(c2cccc(C(=O)O)n2)c2c[nH]c3ccccc23)c1. The number of pyridine rings is 1. The van der Waals surface area contributed by atoms with Crippen LogP contribution in [0.2, 0.25) is 0 Å². The highest BCUT2D eigenvalue weighted by atomic mass is 19.1. The van der Waals surface area contributed by atoms with Crippen LogP contribution < -0.4 is 4.74 Å². The Labute approximate surface area is 166 Å². The van der Waals surface area contributed by atoms with Crippen LogP contribution in [0.3, 0.4) is 0 Å². The maximum atomic E-state index is 14.4. The second-order valence-electron chi connectivity index (χ2n) is 6.63. The highest BCUT2D eigenvalue weighted by Gasteiger charge is 2.24. The molecule has 0 spiro atoms. The lowest BCUT2D eigenvalue weighted by Gasteiger charge is -2.19. The van der Waals surface area contributed by atoms with E-state index < -0.39 is 17.7 Å². The number of hydrogen-bond acceptors (Lipinski definition) is 3. The fourth-order valence-electron chi connectivity index (χ4n) is 3.57. The number of nitrogens with one attached hydrogen (secondary N) is 1. The number of carboxylic acid groups (broad SMARTS) is 1. The molecule has 1 unspecified atom stereocenters. The lowest BCUT2D eigenvalue weighted by Crippen LogP contribution is -2.09. The summed E-state index contributed by atoms with van der Waals surface area (Å²) in [6, 6.07) is 17.2. The molecular formula is C23H19FN2O3. The summed E-state index contributed by atoms with van der Waals surface area (Å²) in [4.78, 5) is 19.0. The quantitative estimate of drug-likeness (QED) is 0.487. The fourth-order valence-corrected chi connectivity index (χ4v) is 3.57. The van der Waals surface area contributed by atoms with Crippen molar-refractivity contribution >= 4 is 16.9 Å². The van der Waals surface area contributed by atoms with Gasteiger partial charge < -0.3 is 14.8 Å². The van der Waals surface area contributed by atoms with Gasteiger partial charge in [-0.3, -0.25) is 0 Å². The van der Waals surface area contributed by atoms with Crippen molar-refractivity contribution in [3.63, 3.8) is 0 Å². The zero-order chi connectivity index (χ0) is 20.4. The highest BCUT2D eigenvalue weighted by Crippen LogP contribution is 2.37. The van der Waals surface area contributed by atoms with Gasteiger partial charge in [-0.2, -0.15) is 0 Å². The Balaban J connectivity index is 1.95. The Kier molecular flexibility index (Phi) is 4.99. The molecule has 2 heterocycles. The molecule has 0 saturated carbocycles. The number of ether oxygens (including phenoxy) is 1. The van der Waals surface area contributed by atoms with E-state index in [4.69, 9.17) is 4.74 Å². The van der Waals surface area contributed by atoms with E-state index in [-0.39, 0.29) is 5.69 Å². The van der Waals surface area contributed by atoms with E-state index in [1.807, 2.05) is 37.4 Å². The monoisotopic (exact) mass is 390 g/mol. The van der Waals surface area contributed by atoms with E-state index in [2.05, 4.69) is 9.97 Å². The summed E-state index contributed by atoms with van der Waals surface area (Å²) in [7, 11) is 0. The number of aromatic nitrogens is 2. The Morgan fingerprint density at radius 2 is 2.00 bits per heavy atom. The van der Waals surface area contributed by atoms with E-state index in [9.17, 15) is 14.3 Å². The summed E-state index contributed by atoms with van der Waals surface area (Å²) in [6.45, 7) is 2.24. The van der Waals surface area contributed by atoms with E-state index in [1.165, 1.54) is 18.2 Å². The van der Waals surface area contributed by atoms with Crippen LogP contribution in [0.4, 0.5) is 4.39 Å². The standard InChI is InChI=1S/C23H19FN2O3/c1-2-29-16-11-14(10-15(24)12-16)22(20-8-5-9-21(26-20)23(27)28)18-13-25-19-7-4-3-6-17(18)19/h3-13,22,25H,2H2,1H3,(H,27,28). The molecular weight excluding hydrogens is 371 g/mol. The number of para-hydroxylation sites is 1. The molecule has 29 heavy (non-hydrogen) atoms. The maximum absolute atomic E-state index is 14.4. The minimum Gasteiger partial charge on any atom is -0.494 e. The molecule has 146 valence electrons. The molecule has 2 N–H and O–H groups in total. The molecule has 0 aliphatic heterocycles. The molecule has 0 amide bonds. The molecule has 0 aliphatic rings. The van der Waals surface area contributed by atoms with Gasteiger partial charge in [-0.1, -0.05) is 24.3 Å². The molecule has 0 radical (unpaired) electrons. The lowest BCUT2D eigenvalue weighted by molar-refractivity contribution is 0.0690. The normalized spacial score (nSPS) is 12.1. The van der Waals surface area contributed by atoms with E-state index in [0.29, 0.717) is 23.6 Å². The number of carboxylic acids is 1. The van der Waals surface area contributed by atoms with Crippen LogP contribution in [-0.2, 0) is 0 Å². The first-order chi connectivity index (χ1) is 14.1. The summed E-state index contributed by atoms with van der Waals surface area (Å²) in [5.74, 6) is -1.59. The first-order valence-corrected chi connectivity index (χ1v) is 9.26. The van der Waals surface area contributed by atoms with Crippen LogP contribution in [-0.4, -0.2) is 27.7 Å². The Morgan fingerprint density at radius 1 is 1.17 bits per heavy atom. The molecule has 5 nitrogen and oxygen atoms in total. The summed E-state index contributed by atoms with van der Waals surface area (Å²) in [6.07, 6.45) is 1.86. The smallest absolute Gasteiger partial charge is 0.354 e. The van der Waals surface area contributed by atoms with Gasteiger partial charge in [-0.25, -0.2) is 14.2 Å². The van der Waals surface area contributed by atoms with Gasteiger partial charge in [0.25, 0.3) is 0 Å². The molecule has 6 heteroatoms. The first-order valence-electron chi connectivity index (χ1n) is 9.26. The molecule has 0 bridgehead atoms. The number of H-pyrrole nitrogens is 1. The van der Waals surface area contributed by atoms with Crippen molar-refractivity contribution in [2.75, 3.05) is 6.61 Å². The number of rotatable bonds is 6. The van der Waals surface area contributed by atoms with E-state index in [1.54, 1.807) is 18.2 Å². The van der Waals surface area contributed by atoms with Crippen molar-refractivity contribution in [3.05, 3.63) is 95.2 Å². The van der Waals surface area contributed by atoms with Crippen LogP contribution in [0.15, 0.2) is 66.9 Å². The molecule has 2 aromatic carbocycles. The number of hydrogen-bond donors (Lipinski definition) is 2. The van der Waals surface area contributed by atoms with Gasteiger partial charge >= 0.3 is 5.97 Å². The third kappa shape index (κ3) is 3.69. The van der Waals surface area contributed by atoms with Crippen LogP contribution in [0.25, 0.3) is 10.9 Å². The fraction of sp³-hybridized carbons (Fsp3) is 0.130. The van der Waals surface area contributed by atoms with Crippen molar-refractivity contribution < 1.29 is 19.0 Å². The number of fused-ring (bicyclic) bond motifs is 1. The molecule has 0 saturated heterocycles. The van der Waals surface area contributed by atoms with Crippen molar-refractivity contribution in [3.8, 4) is 5.75 Å². The minimum atomic E-state index is -1.11. The average molecular weight is 390 g/mol. The van der Waals surface area contributed by atoms with E-state index >= 15 is 0 Å². The average Bonchev–Trinajstić information content (AvgIpc) is 3.12. The second-order valence-corrected chi connectivity index (χ2v) is 6.63. The van der Waals surface area contributed by atoms with Crippen molar-refractivity contribution in [1.82, 2.24) is 9.97 Å². The molecule has 0 fully saturated rings. The van der Waals surface area contributed by atoms with Crippen LogP contribution in [0, 0.1) is 5.82 Å². The van der Waals surface area contributed by atoms with Gasteiger partial charge in [0.2, 0.25) is 0 Å². The maximum Gasteiger partial charge on any atom is 0.354 e. The Bertz CT molecular complexity index is 1190. The van der Waals surface area contributed by atoms with Gasteiger partial charge in [0.15, 0.2) is 0 Å². The molecule has 2 aromatic heterocycles. The second kappa shape index (κ2) is 7.75.